The van der Waals surface area contributed by atoms with E-state index in [1.807, 2.05) is 0 Å². The number of nitrogens with zero attached hydrogens (tertiary/aromatic N) is 3. The second-order valence-electron chi connectivity index (χ2n) is 2.95. The van der Waals surface area contributed by atoms with Gasteiger partial charge in [-0.1, -0.05) is 16.8 Å². The van der Waals surface area contributed by atoms with Gasteiger partial charge in [0.2, 0.25) is 5.89 Å². The molecule has 0 aromatic carbocycles. The van der Waals surface area contributed by atoms with Gasteiger partial charge in [0.1, 0.15) is 5.82 Å². The van der Waals surface area contributed by atoms with Gasteiger partial charge < -0.3 is 9.84 Å². The summed E-state index contributed by atoms with van der Waals surface area (Å²) >= 11 is 5.70. The molecule has 0 radical (unpaired) electrons. The normalized spacial score (nSPS) is 10.3. The van der Waals surface area contributed by atoms with Crippen molar-refractivity contribution in [3.63, 3.8) is 0 Å². The Bertz CT molecular complexity index is 440. The predicted octanol–water partition coefficient (Wildman–Crippen LogP) is 2.04. The molecule has 0 amide bonds. The Morgan fingerprint density at radius 2 is 2.33 bits per heavy atom. The standard InChI is InChI=1S/C9H9ClN4O/c1-6-13-9(15-14-6)5-12-8-3-2-7(10)4-11-8/h2-4H,5H2,1H3,(H,11,12). The van der Waals surface area contributed by atoms with Crippen LogP contribution in [0, 0.1) is 6.92 Å². The van der Waals surface area contributed by atoms with Crippen molar-refractivity contribution in [1.29, 1.82) is 0 Å². The second kappa shape index (κ2) is 4.27. The van der Waals surface area contributed by atoms with Gasteiger partial charge in [-0.3, -0.25) is 0 Å². The Balaban J connectivity index is 1.96. The highest BCUT2D eigenvalue weighted by Gasteiger charge is 2.02. The zero-order chi connectivity index (χ0) is 10.7. The summed E-state index contributed by atoms with van der Waals surface area (Å²) in [5, 5.41) is 7.32. The van der Waals surface area contributed by atoms with Gasteiger partial charge in [-0.2, -0.15) is 4.98 Å². The maximum absolute atomic E-state index is 5.70. The molecular weight excluding hydrogens is 216 g/mol. The lowest BCUT2D eigenvalue weighted by atomic mass is 10.4. The topological polar surface area (TPSA) is 63.8 Å². The van der Waals surface area contributed by atoms with E-state index in [1.54, 1.807) is 25.3 Å². The molecule has 0 saturated heterocycles. The van der Waals surface area contributed by atoms with Crippen molar-refractivity contribution in [2.24, 2.45) is 0 Å². The van der Waals surface area contributed by atoms with Crippen molar-refractivity contribution in [3.05, 3.63) is 35.1 Å². The lowest BCUT2D eigenvalue weighted by Gasteiger charge is -2.00. The van der Waals surface area contributed by atoms with E-state index in [9.17, 15) is 0 Å². The van der Waals surface area contributed by atoms with Crippen LogP contribution in [0.3, 0.4) is 0 Å². The zero-order valence-electron chi connectivity index (χ0n) is 8.07. The van der Waals surface area contributed by atoms with Crippen molar-refractivity contribution >= 4 is 17.4 Å². The van der Waals surface area contributed by atoms with Crippen LogP contribution in [-0.2, 0) is 6.54 Å². The van der Waals surface area contributed by atoms with Crippen LogP contribution in [0.2, 0.25) is 5.02 Å². The van der Waals surface area contributed by atoms with Crippen molar-refractivity contribution in [2.75, 3.05) is 5.32 Å². The van der Waals surface area contributed by atoms with Gasteiger partial charge >= 0.3 is 0 Å². The molecule has 78 valence electrons. The van der Waals surface area contributed by atoms with Crippen molar-refractivity contribution < 1.29 is 4.52 Å². The first-order chi connectivity index (χ1) is 7.24. The first kappa shape index (κ1) is 9.92. The molecule has 2 aromatic rings. The van der Waals surface area contributed by atoms with E-state index >= 15 is 0 Å². The van der Waals surface area contributed by atoms with Gasteiger partial charge in [0.25, 0.3) is 0 Å². The summed E-state index contributed by atoms with van der Waals surface area (Å²) in [4.78, 5) is 8.12. The Labute approximate surface area is 91.5 Å². The molecule has 0 aliphatic heterocycles. The molecule has 0 aliphatic carbocycles. The maximum atomic E-state index is 5.70. The van der Waals surface area contributed by atoms with Gasteiger partial charge in [-0.05, 0) is 19.1 Å². The number of aromatic nitrogens is 3. The fourth-order valence-corrected chi connectivity index (χ4v) is 1.17. The average molecular weight is 225 g/mol. The number of anilines is 1. The highest BCUT2D eigenvalue weighted by molar-refractivity contribution is 6.30. The quantitative estimate of drug-likeness (QED) is 0.864. The molecule has 0 atom stereocenters. The number of hydrogen-bond donors (Lipinski definition) is 1. The molecule has 15 heavy (non-hydrogen) atoms. The Kier molecular flexibility index (Phi) is 2.82. The summed E-state index contributed by atoms with van der Waals surface area (Å²) < 4.78 is 4.93. The highest BCUT2D eigenvalue weighted by Crippen LogP contribution is 2.10. The summed E-state index contributed by atoms with van der Waals surface area (Å²) in [6.07, 6.45) is 1.57. The molecule has 2 heterocycles. The third-order valence-electron chi connectivity index (χ3n) is 1.72. The van der Waals surface area contributed by atoms with Crippen LogP contribution >= 0.6 is 11.6 Å². The first-order valence-electron chi connectivity index (χ1n) is 4.38. The molecular formula is C9H9ClN4O. The molecule has 0 spiro atoms. The first-order valence-corrected chi connectivity index (χ1v) is 4.76. The van der Waals surface area contributed by atoms with Crippen LogP contribution in [0.15, 0.2) is 22.9 Å². The number of halogens is 1. The van der Waals surface area contributed by atoms with Crippen LogP contribution in [0.5, 0.6) is 0 Å². The van der Waals surface area contributed by atoms with Crippen LogP contribution in [0.25, 0.3) is 0 Å². The van der Waals surface area contributed by atoms with Crippen LogP contribution in [-0.4, -0.2) is 15.1 Å². The third kappa shape index (κ3) is 2.66. The van der Waals surface area contributed by atoms with Gasteiger partial charge in [-0.15, -0.1) is 0 Å². The molecule has 1 N–H and O–H groups in total. The minimum absolute atomic E-state index is 0.454. The van der Waals surface area contributed by atoms with E-state index < -0.39 is 0 Å². The van der Waals surface area contributed by atoms with Gasteiger partial charge in [0, 0.05) is 6.20 Å². The number of aryl methyl sites for hydroxylation is 1. The number of rotatable bonds is 3. The van der Waals surface area contributed by atoms with Crippen LogP contribution in [0.4, 0.5) is 5.82 Å². The largest absolute Gasteiger partial charge is 0.361 e. The predicted molar refractivity (Wildman–Crippen MR) is 55.6 cm³/mol. The number of pyridine rings is 1. The number of hydrogen-bond acceptors (Lipinski definition) is 5. The summed E-state index contributed by atoms with van der Waals surface area (Å²) in [5.74, 6) is 1.87. The summed E-state index contributed by atoms with van der Waals surface area (Å²) in [6, 6.07) is 3.54. The lowest BCUT2D eigenvalue weighted by molar-refractivity contribution is 0.379. The Morgan fingerprint density at radius 3 is 2.93 bits per heavy atom. The molecule has 2 rings (SSSR count). The Morgan fingerprint density at radius 1 is 1.47 bits per heavy atom. The van der Waals surface area contributed by atoms with Gasteiger partial charge in [-0.25, -0.2) is 4.98 Å². The minimum atomic E-state index is 0.454. The smallest absolute Gasteiger partial charge is 0.245 e. The average Bonchev–Trinajstić information content (AvgIpc) is 2.64. The Hall–Kier alpha value is -1.62. The van der Waals surface area contributed by atoms with Crippen LogP contribution < -0.4 is 5.32 Å². The molecule has 2 aromatic heterocycles. The minimum Gasteiger partial charge on any atom is -0.361 e. The molecule has 0 unspecified atom stereocenters. The lowest BCUT2D eigenvalue weighted by Crippen LogP contribution is -2.01. The summed E-state index contributed by atoms with van der Waals surface area (Å²) in [7, 11) is 0. The molecule has 0 saturated carbocycles. The van der Waals surface area contributed by atoms with Crippen molar-refractivity contribution in [2.45, 2.75) is 13.5 Å². The monoisotopic (exact) mass is 224 g/mol. The van der Waals surface area contributed by atoms with Crippen molar-refractivity contribution in [1.82, 2.24) is 15.1 Å². The van der Waals surface area contributed by atoms with E-state index in [0.717, 1.165) is 5.82 Å². The van der Waals surface area contributed by atoms with Gasteiger partial charge in [0.15, 0.2) is 5.82 Å². The molecule has 0 fully saturated rings. The van der Waals surface area contributed by atoms with E-state index in [1.165, 1.54) is 0 Å². The molecule has 0 aliphatic rings. The van der Waals surface area contributed by atoms with Gasteiger partial charge in [0.05, 0.1) is 11.6 Å². The third-order valence-corrected chi connectivity index (χ3v) is 1.94. The SMILES string of the molecule is Cc1noc(CNc2ccc(Cl)cn2)n1. The molecule has 6 heteroatoms. The number of nitrogens with one attached hydrogen (secondary N) is 1. The van der Waals surface area contributed by atoms with E-state index in [2.05, 4.69) is 20.4 Å². The highest BCUT2D eigenvalue weighted by atomic mass is 35.5. The maximum Gasteiger partial charge on any atom is 0.245 e. The fraction of sp³-hybridized carbons (Fsp3) is 0.222. The summed E-state index contributed by atoms with van der Waals surface area (Å²) in [6.45, 7) is 2.23. The summed E-state index contributed by atoms with van der Waals surface area (Å²) in [5.41, 5.74) is 0. The van der Waals surface area contributed by atoms with E-state index in [0.29, 0.717) is 23.3 Å². The van der Waals surface area contributed by atoms with E-state index in [-0.39, 0.29) is 0 Å². The molecule has 5 nitrogen and oxygen atoms in total. The second-order valence-corrected chi connectivity index (χ2v) is 3.39. The van der Waals surface area contributed by atoms with E-state index in [4.69, 9.17) is 16.1 Å². The fourth-order valence-electron chi connectivity index (χ4n) is 1.06. The zero-order valence-corrected chi connectivity index (χ0v) is 8.82. The molecule has 0 bridgehead atoms. The van der Waals surface area contributed by atoms with Crippen molar-refractivity contribution in [3.8, 4) is 0 Å². The van der Waals surface area contributed by atoms with Crippen LogP contribution in [0.1, 0.15) is 11.7 Å².